The van der Waals surface area contributed by atoms with Crippen molar-refractivity contribution in [2.75, 3.05) is 13.2 Å². The quantitative estimate of drug-likeness (QED) is 0.539. The van der Waals surface area contributed by atoms with Gasteiger partial charge < -0.3 is 14.4 Å². The summed E-state index contributed by atoms with van der Waals surface area (Å²) in [6.07, 6.45) is 5.72. The van der Waals surface area contributed by atoms with Gasteiger partial charge in [-0.2, -0.15) is 5.10 Å². The summed E-state index contributed by atoms with van der Waals surface area (Å²) in [6, 6.07) is 18.0. The van der Waals surface area contributed by atoms with Crippen LogP contribution in [0.5, 0.6) is 5.75 Å². The van der Waals surface area contributed by atoms with Gasteiger partial charge in [-0.15, -0.1) is 0 Å². The number of hydrogen-bond acceptors (Lipinski definition) is 4. The molecule has 0 saturated heterocycles. The Morgan fingerprint density at radius 1 is 1.04 bits per heavy atom. The number of imidazole rings is 1. The minimum absolute atomic E-state index is 0.0329. The van der Waals surface area contributed by atoms with E-state index in [1.165, 1.54) is 0 Å². The molecule has 28 heavy (non-hydrogen) atoms. The van der Waals surface area contributed by atoms with Gasteiger partial charge in [0, 0.05) is 29.9 Å². The molecule has 142 valence electrons. The summed E-state index contributed by atoms with van der Waals surface area (Å²) in [5.41, 5.74) is 4.94. The Morgan fingerprint density at radius 2 is 1.82 bits per heavy atom. The fourth-order valence-electron chi connectivity index (χ4n) is 3.29. The summed E-state index contributed by atoms with van der Waals surface area (Å²) in [5, 5.41) is 13.5. The highest BCUT2D eigenvalue weighted by Crippen LogP contribution is 2.37. The molecule has 2 aromatic carbocycles. The Kier molecular flexibility index (Phi) is 5.21. The van der Waals surface area contributed by atoms with Crippen LogP contribution in [0.3, 0.4) is 0 Å². The standard InChI is InChI=1S/C22H22N4O2/c1-25-14-17(13-24-25)15-26-16-23-21(18-7-3-2-4-8-18)22(26)19-9-5-6-10-20(19)28-12-11-27/h2-10,13-14,16,27H,11-12,15H2,1H3. The van der Waals surface area contributed by atoms with Gasteiger partial charge >= 0.3 is 0 Å². The van der Waals surface area contributed by atoms with Crippen LogP contribution in [0.15, 0.2) is 73.3 Å². The van der Waals surface area contributed by atoms with E-state index in [1.54, 1.807) is 4.68 Å². The van der Waals surface area contributed by atoms with E-state index in [1.807, 2.05) is 68.2 Å². The van der Waals surface area contributed by atoms with Crippen LogP contribution in [-0.2, 0) is 13.6 Å². The number of hydrogen-bond donors (Lipinski definition) is 1. The largest absolute Gasteiger partial charge is 0.490 e. The summed E-state index contributed by atoms with van der Waals surface area (Å²) in [4.78, 5) is 4.72. The third-order valence-electron chi connectivity index (χ3n) is 4.49. The van der Waals surface area contributed by atoms with E-state index in [9.17, 15) is 5.11 Å². The lowest BCUT2D eigenvalue weighted by Crippen LogP contribution is -2.05. The van der Waals surface area contributed by atoms with Gasteiger partial charge in [0.25, 0.3) is 0 Å². The predicted octanol–water partition coefficient (Wildman–Crippen LogP) is 3.37. The van der Waals surface area contributed by atoms with Gasteiger partial charge in [0.15, 0.2) is 0 Å². The van der Waals surface area contributed by atoms with Crippen LogP contribution in [-0.4, -0.2) is 37.7 Å². The van der Waals surface area contributed by atoms with Crippen molar-refractivity contribution in [3.05, 3.63) is 78.9 Å². The van der Waals surface area contributed by atoms with E-state index in [2.05, 4.69) is 21.8 Å². The lowest BCUT2D eigenvalue weighted by Gasteiger charge is -2.14. The molecule has 0 radical (unpaired) electrons. The molecule has 6 nitrogen and oxygen atoms in total. The molecule has 1 N–H and O–H groups in total. The fourth-order valence-corrected chi connectivity index (χ4v) is 3.29. The number of aryl methyl sites for hydroxylation is 1. The van der Waals surface area contributed by atoms with Crippen molar-refractivity contribution in [3.8, 4) is 28.3 Å². The molecule has 0 aliphatic rings. The minimum Gasteiger partial charge on any atom is -0.490 e. The first-order chi connectivity index (χ1) is 13.8. The number of para-hydroxylation sites is 1. The minimum atomic E-state index is -0.0329. The molecule has 0 aliphatic heterocycles. The first-order valence-corrected chi connectivity index (χ1v) is 9.17. The molecule has 0 spiro atoms. The zero-order chi connectivity index (χ0) is 19.3. The normalized spacial score (nSPS) is 10.9. The zero-order valence-corrected chi connectivity index (χ0v) is 15.7. The lowest BCUT2D eigenvalue weighted by atomic mass is 10.0. The van der Waals surface area contributed by atoms with Crippen LogP contribution >= 0.6 is 0 Å². The third-order valence-corrected chi connectivity index (χ3v) is 4.49. The average Bonchev–Trinajstić information content (AvgIpc) is 3.33. The van der Waals surface area contributed by atoms with Crippen LogP contribution in [0.2, 0.25) is 0 Å². The molecule has 2 aromatic heterocycles. The second-order valence-electron chi connectivity index (χ2n) is 6.53. The molecule has 0 bridgehead atoms. The molecular weight excluding hydrogens is 352 g/mol. The second-order valence-corrected chi connectivity index (χ2v) is 6.53. The highest BCUT2D eigenvalue weighted by molar-refractivity contribution is 5.81. The maximum absolute atomic E-state index is 9.18. The van der Waals surface area contributed by atoms with Gasteiger partial charge in [0.05, 0.1) is 37.1 Å². The monoisotopic (exact) mass is 374 g/mol. The molecule has 0 atom stereocenters. The predicted molar refractivity (Wildman–Crippen MR) is 108 cm³/mol. The first kappa shape index (κ1) is 18.0. The topological polar surface area (TPSA) is 65.1 Å². The Hall–Kier alpha value is -3.38. The number of aliphatic hydroxyl groups is 1. The van der Waals surface area contributed by atoms with Crippen molar-refractivity contribution in [3.63, 3.8) is 0 Å². The first-order valence-electron chi connectivity index (χ1n) is 9.17. The fraction of sp³-hybridized carbons (Fsp3) is 0.182. The molecule has 0 saturated carbocycles. The van der Waals surface area contributed by atoms with Crippen LogP contribution in [0.25, 0.3) is 22.5 Å². The van der Waals surface area contributed by atoms with Crippen molar-refractivity contribution in [2.24, 2.45) is 7.05 Å². The number of benzene rings is 2. The summed E-state index contributed by atoms with van der Waals surface area (Å²) in [6.45, 7) is 0.862. The average molecular weight is 374 g/mol. The molecule has 4 aromatic rings. The molecular formula is C22H22N4O2. The number of nitrogens with zero attached hydrogens (tertiary/aromatic N) is 4. The summed E-state index contributed by atoms with van der Waals surface area (Å²) < 4.78 is 9.71. The van der Waals surface area contributed by atoms with Crippen molar-refractivity contribution < 1.29 is 9.84 Å². The van der Waals surface area contributed by atoms with Crippen LogP contribution in [0, 0.1) is 0 Å². The van der Waals surface area contributed by atoms with Gasteiger partial charge in [-0.05, 0) is 12.1 Å². The van der Waals surface area contributed by atoms with E-state index in [0.29, 0.717) is 6.54 Å². The van der Waals surface area contributed by atoms with E-state index in [0.717, 1.165) is 33.8 Å². The van der Waals surface area contributed by atoms with E-state index in [4.69, 9.17) is 9.72 Å². The second kappa shape index (κ2) is 8.10. The lowest BCUT2D eigenvalue weighted by molar-refractivity contribution is 0.202. The number of ether oxygens (including phenoxy) is 1. The highest BCUT2D eigenvalue weighted by Gasteiger charge is 2.19. The van der Waals surface area contributed by atoms with Crippen LogP contribution < -0.4 is 4.74 Å². The highest BCUT2D eigenvalue weighted by atomic mass is 16.5. The molecule has 0 amide bonds. The molecule has 0 aliphatic carbocycles. The third kappa shape index (κ3) is 3.68. The molecule has 4 rings (SSSR count). The number of rotatable bonds is 7. The maximum Gasteiger partial charge on any atom is 0.128 e. The van der Waals surface area contributed by atoms with Crippen molar-refractivity contribution in [1.29, 1.82) is 0 Å². The van der Waals surface area contributed by atoms with Crippen molar-refractivity contribution >= 4 is 0 Å². The smallest absolute Gasteiger partial charge is 0.128 e. The van der Waals surface area contributed by atoms with Crippen LogP contribution in [0.1, 0.15) is 5.56 Å². The van der Waals surface area contributed by atoms with Crippen molar-refractivity contribution in [1.82, 2.24) is 19.3 Å². The number of aromatic nitrogens is 4. The van der Waals surface area contributed by atoms with E-state index < -0.39 is 0 Å². The zero-order valence-electron chi connectivity index (χ0n) is 15.7. The molecule has 0 fully saturated rings. The van der Waals surface area contributed by atoms with Crippen LogP contribution in [0.4, 0.5) is 0 Å². The van der Waals surface area contributed by atoms with E-state index in [-0.39, 0.29) is 13.2 Å². The van der Waals surface area contributed by atoms with Gasteiger partial charge in [0.1, 0.15) is 12.4 Å². The van der Waals surface area contributed by atoms with Crippen molar-refractivity contribution in [2.45, 2.75) is 6.54 Å². The molecule has 0 unspecified atom stereocenters. The molecule has 2 heterocycles. The van der Waals surface area contributed by atoms with Gasteiger partial charge in [0.2, 0.25) is 0 Å². The van der Waals surface area contributed by atoms with Gasteiger partial charge in [-0.3, -0.25) is 4.68 Å². The molecule has 6 heteroatoms. The Bertz CT molecular complexity index is 1050. The SMILES string of the molecule is Cn1cc(Cn2cnc(-c3ccccc3)c2-c2ccccc2OCCO)cn1. The van der Waals surface area contributed by atoms with Gasteiger partial charge in [-0.1, -0.05) is 42.5 Å². The van der Waals surface area contributed by atoms with Gasteiger partial charge in [-0.25, -0.2) is 4.98 Å². The maximum atomic E-state index is 9.18. The summed E-state index contributed by atoms with van der Waals surface area (Å²) in [5.74, 6) is 0.724. The number of aliphatic hydroxyl groups excluding tert-OH is 1. The Labute approximate surface area is 163 Å². The summed E-state index contributed by atoms with van der Waals surface area (Å²) in [7, 11) is 1.91. The summed E-state index contributed by atoms with van der Waals surface area (Å²) >= 11 is 0. The Balaban J connectivity index is 1.84. The van der Waals surface area contributed by atoms with E-state index >= 15 is 0 Å². The Morgan fingerprint density at radius 3 is 2.57 bits per heavy atom.